The Morgan fingerprint density at radius 2 is 1.22 bits per heavy atom. The molecule has 4 rings (SSSR count). The van der Waals surface area contributed by atoms with Crippen LogP contribution < -0.4 is 0 Å². The normalized spacial score (nSPS) is 11.9. The van der Waals surface area contributed by atoms with Crippen LogP contribution in [0.15, 0.2) is 60.7 Å². The smallest absolute Gasteiger partial charge is 0.207 e. The van der Waals surface area contributed by atoms with Crippen LogP contribution in [0.2, 0.25) is 0 Å². The molecule has 0 saturated heterocycles. The molecule has 4 aromatic rings. The van der Waals surface area contributed by atoms with Gasteiger partial charge >= 0.3 is 6.18 Å². The predicted molar refractivity (Wildman–Crippen MR) is 126 cm³/mol. The molecule has 0 aliphatic heterocycles. The topological polar surface area (TPSA) is 0 Å². The van der Waals surface area contributed by atoms with Crippen molar-refractivity contribution in [2.45, 2.75) is 45.2 Å². The summed E-state index contributed by atoms with van der Waals surface area (Å²) in [5.41, 5.74) is 0.774. The van der Waals surface area contributed by atoms with E-state index in [-0.39, 0.29) is 24.8 Å². The van der Waals surface area contributed by atoms with Crippen LogP contribution >= 0.6 is 0 Å². The Bertz CT molecular complexity index is 1380. The second kappa shape index (κ2) is 10.3. The molecule has 0 fully saturated rings. The first-order chi connectivity index (χ1) is 17.1. The molecule has 0 heterocycles. The second-order valence-corrected chi connectivity index (χ2v) is 8.80. The lowest BCUT2D eigenvalue weighted by atomic mass is 9.96. The van der Waals surface area contributed by atoms with Crippen LogP contribution in [-0.2, 0) is 38.3 Å². The highest BCUT2D eigenvalue weighted by Gasteiger charge is 2.33. The Morgan fingerprint density at radius 1 is 0.611 bits per heavy atom. The van der Waals surface area contributed by atoms with Crippen LogP contribution in [0.25, 0.3) is 10.8 Å². The van der Waals surface area contributed by atoms with Crippen LogP contribution in [0.5, 0.6) is 0 Å². The maximum absolute atomic E-state index is 15.1. The first kappa shape index (κ1) is 25.7. The summed E-state index contributed by atoms with van der Waals surface area (Å²) in [4.78, 5) is 0. The Labute approximate surface area is 204 Å². The summed E-state index contributed by atoms with van der Waals surface area (Å²) in [7, 11) is 0. The first-order valence-electron chi connectivity index (χ1n) is 11.6. The van der Waals surface area contributed by atoms with Crippen LogP contribution in [0.3, 0.4) is 0 Å². The molecule has 4 aromatic carbocycles. The molecule has 0 N–H and O–H groups in total. The fourth-order valence-corrected chi connectivity index (χ4v) is 4.33. The van der Waals surface area contributed by atoms with Crippen molar-refractivity contribution < 1.29 is 30.7 Å². The van der Waals surface area contributed by atoms with Crippen molar-refractivity contribution in [3.05, 3.63) is 117 Å². The summed E-state index contributed by atoms with van der Waals surface area (Å²) in [5, 5.41) is 0.983. The number of benzene rings is 4. The molecule has 0 saturated carbocycles. The third kappa shape index (κ3) is 5.55. The summed E-state index contributed by atoms with van der Waals surface area (Å²) >= 11 is 0. The molecule has 7 heteroatoms. The van der Waals surface area contributed by atoms with Crippen LogP contribution in [-0.4, -0.2) is 0 Å². The third-order valence-corrected chi connectivity index (χ3v) is 6.39. The van der Waals surface area contributed by atoms with Gasteiger partial charge in [-0.1, -0.05) is 43.3 Å². The molecular formula is C29H23F7. The zero-order valence-electron chi connectivity index (χ0n) is 19.5. The summed E-state index contributed by atoms with van der Waals surface area (Å²) in [6.07, 6.45) is -3.35. The van der Waals surface area contributed by atoms with E-state index in [2.05, 4.69) is 0 Å². The van der Waals surface area contributed by atoms with Gasteiger partial charge in [0.05, 0.1) is 5.56 Å². The minimum absolute atomic E-state index is 0.0218. The summed E-state index contributed by atoms with van der Waals surface area (Å²) in [6, 6.07) is 13.8. The van der Waals surface area contributed by atoms with Gasteiger partial charge in [-0.05, 0) is 84.0 Å². The monoisotopic (exact) mass is 504 g/mol. The summed E-state index contributed by atoms with van der Waals surface area (Å²) in [6.45, 7) is 1.82. The van der Waals surface area contributed by atoms with Crippen molar-refractivity contribution >= 4 is 10.8 Å². The third-order valence-electron chi connectivity index (χ3n) is 6.39. The lowest BCUT2D eigenvalue weighted by Crippen LogP contribution is -2.08. The molecule has 0 atom stereocenters. The second-order valence-electron chi connectivity index (χ2n) is 8.80. The van der Waals surface area contributed by atoms with Gasteiger partial charge in [0, 0.05) is 10.9 Å². The van der Waals surface area contributed by atoms with Crippen molar-refractivity contribution in [1.82, 2.24) is 0 Å². The highest BCUT2D eigenvalue weighted by atomic mass is 19.4. The minimum Gasteiger partial charge on any atom is -0.207 e. The van der Waals surface area contributed by atoms with Crippen molar-refractivity contribution in [2.75, 3.05) is 0 Å². The average Bonchev–Trinajstić information content (AvgIpc) is 2.82. The van der Waals surface area contributed by atoms with Gasteiger partial charge in [0.25, 0.3) is 0 Å². The zero-order valence-corrected chi connectivity index (χ0v) is 19.5. The Balaban J connectivity index is 1.47. The Kier molecular flexibility index (Phi) is 7.38. The van der Waals surface area contributed by atoms with Gasteiger partial charge < -0.3 is 0 Å². The predicted octanol–water partition coefficient (Wildman–Crippen LogP) is 8.55. The number of hydrogen-bond acceptors (Lipinski definition) is 0. The van der Waals surface area contributed by atoms with Crippen molar-refractivity contribution in [2.24, 2.45) is 0 Å². The molecule has 0 amide bonds. The van der Waals surface area contributed by atoms with Crippen LogP contribution in [0.4, 0.5) is 30.7 Å². The molecule has 0 radical (unpaired) electrons. The van der Waals surface area contributed by atoms with Gasteiger partial charge in [-0.2, -0.15) is 13.2 Å². The van der Waals surface area contributed by atoms with E-state index in [1.54, 1.807) is 30.3 Å². The molecule has 0 nitrogen and oxygen atoms in total. The molecule has 188 valence electrons. The highest BCUT2D eigenvalue weighted by molar-refractivity contribution is 5.84. The van der Waals surface area contributed by atoms with Gasteiger partial charge in [-0.25, -0.2) is 17.6 Å². The number of alkyl halides is 3. The average molecular weight is 504 g/mol. The summed E-state index contributed by atoms with van der Waals surface area (Å²) < 4.78 is 95.7. The first-order valence-corrected chi connectivity index (χ1v) is 11.6. The highest BCUT2D eigenvalue weighted by Crippen LogP contribution is 2.32. The lowest BCUT2D eigenvalue weighted by molar-refractivity contribution is -0.140. The van der Waals surface area contributed by atoms with Crippen molar-refractivity contribution in [3.8, 4) is 0 Å². The molecule has 0 aliphatic carbocycles. The lowest BCUT2D eigenvalue weighted by Gasteiger charge is -2.11. The number of hydrogen-bond donors (Lipinski definition) is 0. The molecule has 0 aromatic heterocycles. The molecule has 0 unspecified atom stereocenters. The van der Waals surface area contributed by atoms with E-state index in [1.807, 2.05) is 6.92 Å². The van der Waals surface area contributed by atoms with E-state index < -0.39 is 35.0 Å². The molecule has 0 aliphatic rings. The van der Waals surface area contributed by atoms with E-state index in [4.69, 9.17) is 0 Å². The maximum atomic E-state index is 15.1. The molecule has 36 heavy (non-hydrogen) atoms. The fourth-order valence-electron chi connectivity index (χ4n) is 4.33. The minimum atomic E-state index is -4.77. The molecule has 0 bridgehead atoms. The van der Waals surface area contributed by atoms with E-state index in [0.29, 0.717) is 46.4 Å². The van der Waals surface area contributed by atoms with Gasteiger partial charge in [-0.3, -0.25) is 0 Å². The van der Waals surface area contributed by atoms with E-state index in [1.165, 1.54) is 18.2 Å². The standard InChI is InChI=1S/C29H23F7/c1-2-17-14-25(30)23(26(31)15-17)11-5-18-4-10-22-21(13-18)9-8-20(28(22)33)7-3-19-6-12-24(27(32)16-19)29(34,35)36/h4,6,8-10,12-16H,2-3,5,7,11H2,1H3. The van der Waals surface area contributed by atoms with Gasteiger partial charge in [0.15, 0.2) is 0 Å². The van der Waals surface area contributed by atoms with Crippen LogP contribution in [0.1, 0.15) is 40.3 Å². The van der Waals surface area contributed by atoms with E-state index in [0.717, 1.165) is 11.6 Å². The maximum Gasteiger partial charge on any atom is 0.419 e. The number of fused-ring (bicyclic) bond motifs is 1. The number of halogens is 7. The van der Waals surface area contributed by atoms with Crippen LogP contribution in [0, 0.1) is 23.3 Å². The molecule has 0 spiro atoms. The van der Waals surface area contributed by atoms with E-state index >= 15 is 4.39 Å². The quantitative estimate of drug-likeness (QED) is 0.221. The van der Waals surface area contributed by atoms with Gasteiger partial charge in [0.1, 0.15) is 23.3 Å². The number of aryl methyl sites for hydroxylation is 4. The molecular weight excluding hydrogens is 481 g/mol. The summed E-state index contributed by atoms with van der Waals surface area (Å²) in [5.74, 6) is -2.96. The zero-order chi connectivity index (χ0) is 26.0. The SMILES string of the molecule is CCc1cc(F)c(CCc2ccc3c(F)c(CCc4ccc(C(F)(F)F)c(F)c4)ccc3c2)c(F)c1. The fraction of sp³-hybridized carbons (Fsp3) is 0.241. The van der Waals surface area contributed by atoms with Gasteiger partial charge in [-0.15, -0.1) is 0 Å². The van der Waals surface area contributed by atoms with Crippen molar-refractivity contribution in [3.63, 3.8) is 0 Å². The van der Waals surface area contributed by atoms with E-state index in [9.17, 15) is 26.3 Å². The number of rotatable bonds is 7. The van der Waals surface area contributed by atoms with Crippen molar-refractivity contribution in [1.29, 1.82) is 0 Å². The Morgan fingerprint density at radius 3 is 1.86 bits per heavy atom. The largest absolute Gasteiger partial charge is 0.419 e. The van der Waals surface area contributed by atoms with Gasteiger partial charge in [0.2, 0.25) is 0 Å². The Hall–Kier alpha value is -3.35.